The number of nitrogens with zero attached hydrogens (tertiary/aromatic N) is 1. The van der Waals surface area contributed by atoms with Gasteiger partial charge in [0.25, 0.3) is 10.2 Å². The Balaban J connectivity index is 2.62. The van der Waals surface area contributed by atoms with Gasteiger partial charge in [-0.15, -0.1) is 0 Å². The molecule has 0 unspecified atom stereocenters. The van der Waals surface area contributed by atoms with Gasteiger partial charge in [0.15, 0.2) is 0 Å². The Morgan fingerprint density at radius 3 is 2.11 bits per heavy atom. The molecule has 0 bridgehead atoms. The van der Waals surface area contributed by atoms with Crippen molar-refractivity contribution < 1.29 is 13.5 Å². The summed E-state index contributed by atoms with van der Waals surface area (Å²) in [4.78, 5) is 0. The SMILES string of the molecule is CCCN(CCC)S(=O)(=O)NCC1(CO)CCCC1. The molecule has 1 aliphatic rings. The lowest BCUT2D eigenvalue weighted by atomic mass is 9.88. The number of hydrogen-bond acceptors (Lipinski definition) is 3. The zero-order valence-corrected chi connectivity index (χ0v) is 13.0. The normalized spacial score (nSPS) is 19.2. The van der Waals surface area contributed by atoms with E-state index in [0.29, 0.717) is 19.6 Å². The second kappa shape index (κ2) is 7.57. The molecule has 114 valence electrons. The Hall–Kier alpha value is -0.170. The minimum Gasteiger partial charge on any atom is -0.396 e. The van der Waals surface area contributed by atoms with E-state index >= 15 is 0 Å². The van der Waals surface area contributed by atoms with E-state index in [0.717, 1.165) is 38.5 Å². The smallest absolute Gasteiger partial charge is 0.279 e. The molecule has 0 amide bonds. The Bertz CT molecular complexity index is 345. The van der Waals surface area contributed by atoms with E-state index in [9.17, 15) is 13.5 Å². The van der Waals surface area contributed by atoms with Crippen LogP contribution in [0.15, 0.2) is 0 Å². The highest BCUT2D eigenvalue weighted by Crippen LogP contribution is 2.37. The van der Waals surface area contributed by atoms with Crippen LogP contribution in [0.5, 0.6) is 0 Å². The summed E-state index contributed by atoms with van der Waals surface area (Å²) < 4.78 is 28.7. The van der Waals surface area contributed by atoms with Crippen molar-refractivity contribution in [1.29, 1.82) is 0 Å². The van der Waals surface area contributed by atoms with Crippen LogP contribution < -0.4 is 4.72 Å². The predicted molar refractivity (Wildman–Crippen MR) is 77.1 cm³/mol. The second-order valence-electron chi connectivity index (χ2n) is 5.59. The summed E-state index contributed by atoms with van der Waals surface area (Å²) in [6.07, 6.45) is 5.60. The number of hydrogen-bond donors (Lipinski definition) is 2. The van der Waals surface area contributed by atoms with Crippen LogP contribution in [-0.2, 0) is 10.2 Å². The maximum atomic E-state index is 12.3. The van der Waals surface area contributed by atoms with Gasteiger partial charge in [-0.2, -0.15) is 12.7 Å². The molecule has 5 nitrogen and oxygen atoms in total. The van der Waals surface area contributed by atoms with E-state index in [2.05, 4.69) is 4.72 Å². The molecular formula is C13H28N2O3S. The number of aliphatic hydroxyl groups excluding tert-OH is 1. The Kier molecular flexibility index (Phi) is 6.73. The first-order valence-corrected chi connectivity index (χ1v) is 8.79. The second-order valence-corrected chi connectivity index (χ2v) is 7.35. The fraction of sp³-hybridized carbons (Fsp3) is 1.00. The molecule has 1 saturated carbocycles. The van der Waals surface area contributed by atoms with Crippen molar-refractivity contribution in [3.63, 3.8) is 0 Å². The average molecular weight is 292 g/mol. The summed E-state index contributed by atoms with van der Waals surface area (Å²) in [5.74, 6) is 0. The van der Waals surface area contributed by atoms with Crippen LogP contribution in [0.2, 0.25) is 0 Å². The van der Waals surface area contributed by atoms with Gasteiger partial charge < -0.3 is 5.11 Å². The van der Waals surface area contributed by atoms with Crippen LogP contribution in [0.3, 0.4) is 0 Å². The highest BCUT2D eigenvalue weighted by Gasteiger charge is 2.35. The molecule has 1 fully saturated rings. The van der Waals surface area contributed by atoms with E-state index in [4.69, 9.17) is 0 Å². The van der Waals surface area contributed by atoms with E-state index < -0.39 is 10.2 Å². The molecule has 2 N–H and O–H groups in total. The summed E-state index contributed by atoms with van der Waals surface area (Å²) in [6.45, 7) is 5.48. The quantitative estimate of drug-likeness (QED) is 0.676. The average Bonchev–Trinajstić information content (AvgIpc) is 2.86. The number of nitrogens with one attached hydrogen (secondary N) is 1. The summed E-state index contributed by atoms with van der Waals surface area (Å²) in [5.41, 5.74) is -0.239. The number of rotatable bonds is 9. The summed E-state index contributed by atoms with van der Waals surface area (Å²) in [5, 5.41) is 9.51. The molecule has 0 aromatic rings. The van der Waals surface area contributed by atoms with Crippen molar-refractivity contribution in [1.82, 2.24) is 9.03 Å². The van der Waals surface area contributed by atoms with Crippen LogP contribution in [-0.4, -0.2) is 44.1 Å². The van der Waals surface area contributed by atoms with E-state index in [-0.39, 0.29) is 12.0 Å². The summed E-state index contributed by atoms with van der Waals surface area (Å²) in [7, 11) is -3.41. The van der Waals surface area contributed by atoms with Gasteiger partial charge in [-0.1, -0.05) is 26.7 Å². The van der Waals surface area contributed by atoms with Gasteiger partial charge in [0.2, 0.25) is 0 Å². The third-order valence-electron chi connectivity index (χ3n) is 3.92. The minimum atomic E-state index is -3.41. The third-order valence-corrected chi connectivity index (χ3v) is 5.47. The molecule has 0 atom stereocenters. The first-order valence-electron chi connectivity index (χ1n) is 7.35. The number of aliphatic hydroxyl groups is 1. The third kappa shape index (κ3) is 4.70. The molecule has 6 heteroatoms. The fourth-order valence-electron chi connectivity index (χ4n) is 2.70. The molecule has 0 saturated heterocycles. The molecule has 1 aliphatic carbocycles. The molecule has 0 aromatic heterocycles. The van der Waals surface area contributed by atoms with Gasteiger partial charge >= 0.3 is 0 Å². The van der Waals surface area contributed by atoms with Crippen LogP contribution in [0.25, 0.3) is 0 Å². The molecular weight excluding hydrogens is 264 g/mol. The largest absolute Gasteiger partial charge is 0.396 e. The van der Waals surface area contributed by atoms with Gasteiger partial charge in [0.05, 0.1) is 0 Å². The van der Waals surface area contributed by atoms with E-state index in [1.807, 2.05) is 13.8 Å². The highest BCUT2D eigenvalue weighted by atomic mass is 32.2. The zero-order chi connectivity index (χ0) is 14.4. The van der Waals surface area contributed by atoms with Gasteiger partial charge in [0, 0.05) is 31.7 Å². The Morgan fingerprint density at radius 1 is 1.16 bits per heavy atom. The lowest BCUT2D eigenvalue weighted by Gasteiger charge is -2.29. The van der Waals surface area contributed by atoms with Crippen LogP contribution in [0, 0.1) is 5.41 Å². The van der Waals surface area contributed by atoms with E-state index in [1.54, 1.807) is 0 Å². The van der Waals surface area contributed by atoms with Crippen molar-refractivity contribution in [2.24, 2.45) is 5.41 Å². The van der Waals surface area contributed by atoms with Crippen molar-refractivity contribution >= 4 is 10.2 Å². The first kappa shape index (κ1) is 16.9. The molecule has 1 rings (SSSR count). The highest BCUT2D eigenvalue weighted by molar-refractivity contribution is 7.87. The standard InChI is InChI=1S/C13H28N2O3S/c1-3-9-15(10-4-2)19(17,18)14-11-13(12-16)7-5-6-8-13/h14,16H,3-12H2,1-2H3. The van der Waals surface area contributed by atoms with Crippen molar-refractivity contribution in [2.75, 3.05) is 26.2 Å². The van der Waals surface area contributed by atoms with Crippen LogP contribution in [0.1, 0.15) is 52.4 Å². The molecule has 0 radical (unpaired) electrons. The molecule has 0 spiro atoms. The van der Waals surface area contributed by atoms with E-state index in [1.165, 1.54) is 4.31 Å². The van der Waals surface area contributed by atoms with Gasteiger partial charge in [-0.05, 0) is 25.7 Å². The van der Waals surface area contributed by atoms with Crippen molar-refractivity contribution in [3.8, 4) is 0 Å². The molecule has 0 aliphatic heterocycles. The first-order chi connectivity index (χ1) is 8.99. The molecule has 0 heterocycles. The maximum Gasteiger partial charge on any atom is 0.279 e. The predicted octanol–water partition coefficient (Wildman–Crippen LogP) is 1.50. The molecule has 19 heavy (non-hydrogen) atoms. The lowest BCUT2D eigenvalue weighted by molar-refractivity contribution is 0.134. The Morgan fingerprint density at radius 2 is 1.68 bits per heavy atom. The van der Waals surface area contributed by atoms with Crippen molar-refractivity contribution in [3.05, 3.63) is 0 Å². The topological polar surface area (TPSA) is 69.6 Å². The monoisotopic (exact) mass is 292 g/mol. The van der Waals surface area contributed by atoms with Crippen molar-refractivity contribution in [2.45, 2.75) is 52.4 Å². The minimum absolute atomic E-state index is 0.0665. The lowest BCUT2D eigenvalue weighted by Crippen LogP contribution is -2.46. The van der Waals surface area contributed by atoms with Crippen LogP contribution >= 0.6 is 0 Å². The fourth-order valence-corrected chi connectivity index (χ4v) is 4.22. The summed E-state index contributed by atoms with van der Waals surface area (Å²) >= 11 is 0. The molecule has 0 aromatic carbocycles. The van der Waals surface area contributed by atoms with Gasteiger partial charge in [-0.3, -0.25) is 0 Å². The van der Waals surface area contributed by atoms with Crippen LogP contribution in [0.4, 0.5) is 0 Å². The zero-order valence-electron chi connectivity index (χ0n) is 12.2. The Labute approximate surface area is 117 Å². The maximum absolute atomic E-state index is 12.3. The summed E-state index contributed by atoms with van der Waals surface area (Å²) in [6, 6.07) is 0. The van der Waals surface area contributed by atoms with Gasteiger partial charge in [0.1, 0.15) is 0 Å². The van der Waals surface area contributed by atoms with Gasteiger partial charge in [-0.25, -0.2) is 4.72 Å².